The first-order valence-electron chi connectivity index (χ1n) is 8.34. The van der Waals surface area contributed by atoms with Crippen LogP contribution in [0.5, 0.6) is 11.5 Å². The average molecular weight is 380 g/mol. The number of aliphatic hydroxyl groups is 1. The maximum atomic E-state index is 12.7. The van der Waals surface area contributed by atoms with Gasteiger partial charge in [0.1, 0.15) is 5.92 Å². The van der Waals surface area contributed by atoms with E-state index in [1.165, 1.54) is 35.4 Å². The van der Waals surface area contributed by atoms with E-state index in [2.05, 4.69) is 0 Å². The number of esters is 2. The quantitative estimate of drug-likeness (QED) is 0.597. The zero-order valence-corrected chi connectivity index (χ0v) is 16.0. The maximum absolute atomic E-state index is 12.7. The molecule has 8 heteroatoms. The van der Waals surface area contributed by atoms with Crippen molar-refractivity contribution in [3.8, 4) is 11.5 Å². The summed E-state index contributed by atoms with van der Waals surface area (Å²) in [4.78, 5) is 37.5. The van der Waals surface area contributed by atoms with Gasteiger partial charge in [0, 0.05) is 12.3 Å². The molecule has 1 aliphatic carbocycles. The molecule has 1 aliphatic rings. The molecule has 2 rings (SSSR count). The lowest BCUT2D eigenvalue weighted by atomic mass is 9.61. The summed E-state index contributed by atoms with van der Waals surface area (Å²) in [7, 11) is 5.27. The number of carbonyl (C=O) groups excluding carboxylic acids is 3. The number of benzene rings is 1. The number of hydrogen-bond acceptors (Lipinski definition) is 8. The second kappa shape index (κ2) is 7.96. The summed E-state index contributed by atoms with van der Waals surface area (Å²) in [5.41, 5.74) is -1.24. The van der Waals surface area contributed by atoms with Gasteiger partial charge in [-0.2, -0.15) is 0 Å². The molecule has 0 amide bonds. The highest BCUT2D eigenvalue weighted by Crippen LogP contribution is 2.47. The first kappa shape index (κ1) is 20.7. The Kier molecular flexibility index (Phi) is 6.10. The van der Waals surface area contributed by atoms with Gasteiger partial charge in [0.25, 0.3) is 0 Å². The predicted octanol–water partition coefficient (Wildman–Crippen LogP) is 1.09. The van der Waals surface area contributed by atoms with Crippen LogP contribution < -0.4 is 9.47 Å². The summed E-state index contributed by atoms with van der Waals surface area (Å²) < 4.78 is 20.1. The largest absolute Gasteiger partial charge is 0.493 e. The van der Waals surface area contributed by atoms with E-state index in [9.17, 15) is 19.5 Å². The van der Waals surface area contributed by atoms with Gasteiger partial charge in [-0.15, -0.1) is 0 Å². The van der Waals surface area contributed by atoms with Gasteiger partial charge in [0.15, 0.2) is 17.3 Å². The molecule has 0 aromatic heterocycles. The van der Waals surface area contributed by atoms with Crippen molar-refractivity contribution in [3.63, 3.8) is 0 Å². The van der Waals surface area contributed by atoms with Crippen molar-refractivity contribution in [1.82, 2.24) is 0 Å². The lowest BCUT2D eigenvalue weighted by Crippen LogP contribution is -2.55. The Hall–Kier alpha value is -2.61. The monoisotopic (exact) mass is 380 g/mol. The highest BCUT2D eigenvalue weighted by molar-refractivity contribution is 6.02. The van der Waals surface area contributed by atoms with Crippen LogP contribution in [0.4, 0.5) is 0 Å². The molecule has 8 nitrogen and oxygen atoms in total. The molecule has 1 fully saturated rings. The van der Waals surface area contributed by atoms with E-state index in [0.717, 1.165) is 0 Å². The van der Waals surface area contributed by atoms with Crippen molar-refractivity contribution in [2.24, 2.45) is 11.8 Å². The Balaban J connectivity index is 2.69. The lowest BCUT2D eigenvalue weighted by molar-refractivity contribution is -0.170. The van der Waals surface area contributed by atoms with Crippen molar-refractivity contribution in [2.75, 3.05) is 28.4 Å². The van der Waals surface area contributed by atoms with E-state index in [-0.39, 0.29) is 6.42 Å². The van der Waals surface area contributed by atoms with Crippen LogP contribution in [0.1, 0.15) is 24.8 Å². The van der Waals surface area contributed by atoms with E-state index in [4.69, 9.17) is 18.9 Å². The van der Waals surface area contributed by atoms with Gasteiger partial charge in [0.2, 0.25) is 0 Å². The van der Waals surface area contributed by atoms with Crippen molar-refractivity contribution in [1.29, 1.82) is 0 Å². The van der Waals surface area contributed by atoms with E-state index in [0.29, 0.717) is 17.1 Å². The smallest absolute Gasteiger partial charge is 0.316 e. The highest BCUT2D eigenvalue weighted by Gasteiger charge is 2.57. The lowest BCUT2D eigenvalue weighted by Gasteiger charge is -2.43. The van der Waals surface area contributed by atoms with Gasteiger partial charge in [-0.1, -0.05) is 6.07 Å². The van der Waals surface area contributed by atoms with Gasteiger partial charge < -0.3 is 24.1 Å². The minimum Gasteiger partial charge on any atom is -0.493 e. The van der Waals surface area contributed by atoms with Crippen LogP contribution in [0.25, 0.3) is 0 Å². The van der Waals surface area contributed by atoms with E-state index >= 15 is 0 Å². The zero-order valence-electron chi connectivity index (χ0n) is 16.0. The zero-order chi connectivity index (χ0) is 20.4. The molecule has 1 aromatic carbocycles. The van der Waals surface area contributed by atoms with Crippen LogP contribution in [-0.2, 0) is 23.9 Å². The number of methoxy groups -OCH3 is 4. The van der Waals surface area contributed by atoms with Gasteiger partial charge in [-0.3, -0.25) is 14.4 Å². The molecular formula is C19H24O8. The Morgan fingerprint density at radius 3 is 2.15 bits per heavy atom. The van der Waals surface area contributed by atoms with Crippen LogP contribution in [0.3, 0.4) is 0 Å². The Morgan fingerprint density at radius 1 is 1.04 bits per heavy atom. The van der Waals surface area contributed by atoms with Gasteiger partial charge in [-0.25, -0.2) is 0 Å². The molecule has 0 bridgehead atoms. The molecule has 1 aromatic rings. The third-order valence-electron chi connectivity index (χ3n) is 4.97. The number of carbonyl (C=O) groups is 3. The topological polar surface area (TPSA) is 108 Å². The summed E-state index contributed by atoms with van der Waals surface area (Å²) in [6.45, 7) is 1.38. The van der Waals surface area contributed by atoms with Crippen molar-refractivity contribution in [3.05, 3.63) is 23.8 Å². The van der Waals surface area contributed by atoms with Crippen LogP contribution in [-0.4, -0.2) is 56.9 Å². The third kappa shape index (κ3) is 3.75. The summed E-state index contributed by atoms with van der Waals surface area (Å²) in [6, 6.07) is 4.79. The van der Waals surface area contributed by atoms with Gasteiger partial charge >= 0.3 is 11.9 Å². The molecule has 0 spiro atoms. The molecule has 0 radical (unpaired) electrons. The second-order valence-corrected chi connectivity index (χ2v) is 6.64. The van der Waals surface area contributed by atoms with Gasteiger partial charge in [0.05, 0.1) is 40.0 Å². The first-order valence-corrected chi connectivity index (χ1v) is 8.34. The summed E-state index contributed by atoms with van der Waals surface area (Å²) in [5, 5.41) is 10.8. The minimum absolute atomic E-state index is 0.361. The SMILES string of the molecule is COC(=O)[C@@H]1C(=O)C[C@](C)(O)[C@@H](C(=O)OC)[C@H]1c1ccc(OC)c(OC)c1. The number of ketones is 1. The van der Waals surface area contributed by atoms with Crippen LogP contribution in [0.2, 0.25) is 0 Å². The fourth-order valence-corrected chi connectivity index (χ4v) is 3.73. The highest BCUT2D eigenvalue weighted by atomic mass is 16.5. The number of ether oxygens (including phenoxy) is 4. The fraction of sp³-hybridized carbons (Fsp3) is 0.526. The van der Waals surface area contributed by atoms with Crippen molar-refractivity contribution in [2.45, 2.75) is 24.9 Å². The van der Waals surface area contributed by atoms with Crippen LogP contribution in [0, 0.1) is 11.8 Å². The summed E-state index contributed by atoms with van der Waals surface area (Å²) in [5.74, 6) is -4.59. The van der Waals surface area contributed by atoms with E-state index in [1.807, 2.05) is 0 Å². The molecule has 4 atom stereocenters. The molecule has 0 unspecified atom stereocenters. The maximum Gasteiger partial charge on any atom is 0.316 e. The number of Topliss-reactive ketones (excluding diaryl/α,β-unsaturated/α-hetero) is 1. The van der Waals surface area contributed by atoms with Crippen molar-refractivity contribution >= 4 is 17.7 Å². The van der Waals surface area contributed by atoms with E-state index in [1.54, 1.807) is 18.2 Å². The third-order valence-corrected chi connectivity index (χ3v) is 4.97. The molecule has 148 valence electrons. The standard InChI is InChI=1S/C19H24O8/c1-19(23)9-11(20)15(17(21)26-4)14(16(19)18(22)27-5)10-6-7-12(24-2)13(8-10)25-3/h6-8,14-16,23H,9H2,1-5H3/t14-,15+,16+,19-/m0/s1. The van der Waals surface area contributed by atoms with Crippen LogP contribution in [0.15, 0.2) is 18.2 Å². The fourth-order valence-electron chi connectivity index (χ4n) is 3.73. The minimum atomic E-state index is -1.69. The molecule has 27 heavy (non-hydrogen) atoms. The molecule has 0 aliphatic heterocycles. The Labute approximate surface area is 157 Å². The Bertz CT molecular complexity index is 739. The molecule has 0 saturated heterocycles. The predicted molar refractivity (Wildman–Crippen MR) is 93.5 cm³/mol. The van der Waals surface area contributed by atoms with Crippen molar-refractivity contribution < 1.29 is 38.4 Å². The van der Waals surface area contributed by atoms with E-state index < -0.39 is 41.1 Å². The average Bonchev–Trinajstić information content (AvgIpc) is 2.64. The number of hydrogen-bond donors (Lipinski definition) is 1. The first-order chi connectivity index (χ1) is 12.7. The Morgan fingerprint density at radius 2 is 1.63 bits per heavy atom. The molecule has 1 N–H and O–H groups in total. The summed E-state index contributed by atoms with van der Waals surface area (Å²) in [6.07, 6.45) is -0.365. The summed E-state index contributed by atoms with van der Waals surface area (Å²) >= 11 is 0. The molecule has 1 saturated carbocycles. The number of rotatable bonds is 5. The second-order valence-electron chi connectivity index (χ2n) is 6.64. The molecular weight excluding hydrogens is 356 g/mol. The molecule has 0 heterocycles. The van der Waals surface area contributed by atoms with Gasteiger partial charge in [-0.05, 0) is 24.6 Å². The normalized spacial score (nSPS) is 27.6. The van der Waals surface area contributed by atoms with Crippen LogP contribution >= 0.6 is 0 Å².